The predicted molar refractivity (Wildman–Crippen MR) is 91.5 cm³/mol. The minimum atomic E-state index is -0.0822. The third kappa shape index (κ3) is 5.83. The van der Waals surface area contributed by atoms with Crippen LogP contribution in [-0.2, 0) is 4.79 Å². The Hall–Kier alpha value is -0.810. The lowest BCUT2D eigenvalue weighted by atomic mass is 9.97. The maximum absolute atomic E-state index is 11.8. The molecule has 1 amide bonds. The number of halogens is 2. The van der Waals surface area contributed by atoms with Crippen LogP contribution in [0.25, 0.3) is 0 Å². The highest BCUT2D eigenvalue weighted by atomic mass is 79.9. The molecule has 0 bridgehead atoms. The van der Waals surface area contributed by atoms with Gasteiger partial charge < -0.3 is 10.1 Å². The Balaban J connectivity index is 1.68. The number of hydrogen-bond donors (Lipinski definition) is 1. The molecule has 0 atom stereocenters. The van der Waals surface area contributed by atoms with Crippen LogP contribution in [0.15, 0.2) is 38.8 Å². The first-order chi connectivity index (χ1) is 10.1. The molecule has 0 saturated heterocycles. The SMILES string of the molecule is O=C(COc1ccc(Br)cc1Br)NCCC1=CCCCC1. The summed E-state index contributed by atoms with van der Waals surface area (Å²) in [6, 6.07) is 5.60. The van der Waals surface area contributed by atoms with E-state index in [1.807, 2.05) is 18.2 Å². The maximum atomic E-state index is 11.8. The number of benzene rings is 1. The summed E-state index contributed by atoms with van der Waals surface area (Å²) in [5.41, 5.74) is 1.47. The van der Waals surface area contributed by atoms with Gasteiger partial charge >= 0.3 is 0 Å². The number of rotatable bonds is 6. The van der Waals surface area contributed by atoms with Gasteiger partial charge in [-0.1, -0.05) is 27.6 Å². The number of hydrogen-bond acceptors (Lipinski definition) is 2. The molecule has 0 heterocycles. The molecule has 0 saturated carbocycles. The van der Waals surface area contributed by atoms with Crippen molar-refractivity contribution >= 4 is 37.8 Å². The minimum Gasteiger partial charge on any atom is -0.483 e. The zero-order chi connectivity index (χ0) is 15.1. The highest BCUT2D eigenvalue weighted by Crippen LogP contribution is 2.28. The van der Waals surface area contributed by atoms with E-state index < -0.39 is 0 Å². The first kappa shape index (κ1) is 16.6. The molecule has 1 aromatic rings. The Morgan fingerprint density at radius 2 is 2.14 bits per heavy atom. The summed E-state index contributed by atoms with van der Waals surface area (Å²) >= 11 is 6.79. The first-order valence-corrected chi connectivity index (χ1v) is 8.76. The second-order valence-electron chi connectivity index (χ2n) is 5.07. The van der Waals surface area contributed by atoms with Gasteiger partial charge in [0.25, 0.3) is 5.91 Å². The Kier molecular flexibility index (Phi) is 6.77. The zero-order valence-corrected chi connectivity index (χ0v) is 15.0. The summed E-state index contributed by atoms with van der Waals surface area (Å²) < 4.78 is 7.30. The molecular weight excluding hydrogens is 398 g/mol. The van der Waals surface area contributed by atoms with E-state index in [4.69, 9.17) is 4.74 Å². The third-order valence-electron chi connectivity index (χ3n) is 3.41. The van der Waals surface area contributed by atoms with Crippen LogP contribution in [0.3, 0.4) is 0 Å². The van der Waals surface area contributed by atoms with Gasteiger partial charge in [-0.3, -0.25) is 4.79 Å². The molecule has 0 spiro atoms. The van der Waals surface area contributed by atoms with Crippen molar-refractivity contribution < 1.29 is 9.53 Å². The zero-order valence-electron chi connectivity index (χ0n) is 11.8. The van der Waals surface area contributed by atoms with Gasteiger partial charge in [-0.25, -0.2) is 0 Å². The van der Waals surface area contributed by atoms with Crippen molar-refractivity contribution in [1.29, 1.82) is 0 Å². The summed E-state index contributed by atoms with van der Waals surface area (Å²) in [6.45, 7) is 0.731. The lowest BCUT2D eigenvalue weighted by Crippen LogP contribution is -2.30. The Labute approximate surface area is 142 Å². The fourth-order valence-electron chi connectivity index (χ4n) is 2.28. The molecule has 1 N–H and O–H groups in total. The van der Waals surface area contributed by atoms with Gasteiger partial charge in [0.05, 0.1) is 4.47 Å². The van der Waals surface area contributed by atoms with E-state index in [0.717, 1.165) is 15.4 Å². The second-order valence-corrected chi connectivity index (χ2v) is 6.84. The number of carbonyl (C=O) groups excluding carboxylic acids is 1. The van der Waals surface area contributed by atoms with Crippen LogP contribution in [0.4, 0.5) is 0 Å². The predicted octanol–water partition coefficient (Wildman–Crippen LogP) is 4.60. The minimum absolute atomic E-state index is 0.0410. The van der Waals surface area contributed by atoms with E-state index in [1.165, 1.54) is 31.3 Å². The summed E-state index contributed by atoms with van der Waals surface area (Å²) in [5.74, 6) is 0.588. The quantitative estimate of drug-likeness (QED) is 0.688. The van der Waals surface area contributed by atoms with E-state index in [2.05, 4.69) is 43.3 Å². The average molecular weight is 417 g/mol. The van der Waals surface area contributed by atoms with Crippen LogP contribution in [0.1, 0.15) is 32.1 Å². The standard InChI is InChI=1S/C16H19Br2NO2/c17-13-6-7-15(14(18)10-13)21-11-16(20)19-9-8-12-4-2-1-3-5-12/h4,6-7,10H,1-3,5,8-9,11H2,(H,19,20). The van der Waals surface area contributed by atoms with Crippen molar-refractivity contribution in [1.82, 2.24) is 5.32 Å². The summed E-state index contributed by atoms with van der Waals surface area (Å²) in [6.07, 6.45) is 8.20. The lowest BCUT2D eigenvalue weighted by Gasteiger charge is -2.13. The van der Waals surface area contributed by atoms with Gasteiger partial charge in [-0.2, -0.15) is 0 Å². The van der Waals surface area contributed by atoms with Crippen molar-refractivity contribution in [2.24, 2.45) is 0 Å². The first-order valence-electron chi connectivity index (χ1n) is 7.17. The molecule has 0 unspecified atom stereocenters. The normalized spacial score (nSPS) is 14.5. The molecule has 5 heteroatoms. The van der Waals surface area contributed by atoms with Gasteiger partial charge in [0.15, 0.2) is 6.61 Å². The molecule has 1 aliphatic carbocycles. The van der Waals surface area contributed by atoms with Crippen molar-refractivity contribution in [3.8, 4) is 5.75 Å². The summed E-state index contributed by atoms with van der Waals surface area (Å²) in [5, 5.41) is 2.90. The number of ether oxygens (including phenoxy) is 1. The van der Waals surface area contributed by atoms with Crippen LogP contribution in [0.5, 0.6) is 5.75 Å². The molecule has 2 rings (SSSR count). The Morgan fingerprint density at radius 1 is 1.29 bits per heavy atom. The second kappa shape index (κ2) is 8.59. The largest absolute Gasteiger partial charge is 0.483 e. The molecule has 1 aromatic carbocycles. The maximum Gasteiger partial charge on any atom is 0.257 e. The number of allylic oxidation sites excluding steroid dienone is 1. The fraction of sp³-hybridized carbons (Fsp3) is 0.438. The molecular formula is C16H19Br2NO2. The fourth-order valence-corrected chi connectivity index (χ4v) is 3.44. The summed E-state index contributed by atoms with van der Waals surface area (Å²) in [4.78, 5) is 11.8. The monoisotopic (exact) mass is 415 g/mol. The van der Waals surface area contributed by atoms with Gasteiger partial charge in [0, 0.05) is 11.0 Å². The third-order valence-corrected chi connectivity index (χ3v) is 4.52. The van der Waals surface area contributed by atoms with Crippen LogP contribution >= 0.6 is 31.9 Å². The van der Waals surface area contributed by atoms with E-state index in [-0.39, 0.29) is 12.5 Å². The van der Waals surface area contributed by atoms with Crippen LogP contribution in [-0.4, -0.2) is 19.1 Å². The van der Waals surface area contributed by atoms with E-state index in [1.54, 1.807) is 0 Å². The number of nitrogens with one attached hydrogen (secondary N) is 1. The van der Waals surface area contributed by atoms with Gasteiger partial charge in [-0.15, -0.1) is 0 Å². The Morgan fingerprint density at radius 3 is 2.86 bits per heavy atom. The number of carbonyl (C=O) groups is 1. The molecule has 0 radical (unpaired) electrons. The van der Waals surface area contributed by atoms with Crippen LogP contribution in [0.2, 0.25) is 0 Å². The topological polar surface area (TPSA) is 38.3 Å². The van der Waals surface area contributed by atoms with E-state index in [0.29, 0.717) is 12.3 Å². The van der Waals surface area contributed by atoms with Crippen molar-refractivity contribution in [2.45, 2.75) is 32.1 Å². The molecule has 1 aliphatic rings. The van der Waals surface area contributed by atoms with E-state index >= 15 is 0 Å². The average Bonchev–Trinajstić information content (AvgIpc) is 2.47. The smallest absolute Gasteiger partial charge is 0.257 e. The molecule has 21 heavy (non-hydrogen) atoms. The molecule has 0 aliphatic heterocycles. The number of amides is 1. The van der Waals surface area contributed by atoms with Gasteiger partial charge in [0.1, 0.15) is 5.75 Å². The van der Waals surface area contributed by atoms with Gasteiger partial charge in [0.2, 0.25) is 0 Å². The van der Waals surface area contributed by atoms with Crippen LogP contribution < -0.4 is 10.1 Å². The van der Waals surface area contributed by atoms with Gasteiger partial charge in [-0.05, 0) is 66.2 Å². The summed E-state index contributed by atoms with van der Waals surface area (Å²) in [7, 11) is 0. The lowest BCUT2D eigenvalue weighted by molar-refractivity contribution is -0.123. The molecule has 0 aromatic heterocycles. The Bertz CT molecular complexity index is 529. The van der Waals surface area contributed by atoms with E-state index in [9.17, 15) is 4.79 Å². The molecule has 0 fully saturated rings. The molecule has 3 nitrogen and oxygen atoms in total. The molecule has 114 valence electrons. The van der Waals surface area contributed by atoms with Crippen LogP contribution in [0, 0.1) is 0 Å². The van der Waals surface area contributed by atoms with Crippen molar-refractivity contribution in [3.63, 3.8) is 0 Å². The van der Waals surface area contributed by atoms with Crippen molar-refractivity contribution in [2.75, 3.05) is 13.2 Å². The highest BCUT2D eigenvalue weighted by molar-refractivity contribution is 9.11. The highest BCUT2D eigenvalue weighted by Gasteiger charge is 2.07. The van der Waals surface area contributed by atoms with Crippen molar-refractivity contribution in [3.05, 3.63) is 38.8 Å².